The molecular weight excluding hydrogens is 852 g/mol. The van der Waals surface area contributed by atoms with E-state index in [9.17, 15) is 19.4 Å². The summed E-state index contributed by atoms with van der Waals surface area (Å²) in [6, 6.07) is -0.881. The van der Waals surface area contributed by atoms with Crippen LogP contribution in [0.25, 0.3) is 0 Å². The molecule has 3 unspecified atom stereocenters. The topological polar surface area (TPSA) is 108 Å². The predicted molar refractivity (Wildman–Crippen MR) is 288 cm³/mol. The van der Waals surface area contributed by atoms with Crippen LogP contribution in [0.4, 0.5) is 0 Å². The van der Waals surface area contributed by atoms with Crippen LogP contribution in [-0.4, -0.2) is 68.5 Å². The van der Waals surface area contributed by atoms with E-state index in [1.54, 1.807) is 6.08 Å². The Balaban J connectivity index is 3.72. The fourth-order valence-corrected chi connectivity index (χ4v) is 8.81. The first-order valence-electron chi connectivity index (χ1n) is 28.2. The summed E-state index contributed by atoms with van der Waals surface area (Å²) in [7, 11) is 1.26. The summed E-state index contributed by atoms with van der Waals surface area (Å²) < 4.78 is 23.1. The first-order valence-corrected chi connectivity index (χ1v) is 29.6. The van der Waals surface area contributed by atoms with Crippen LogP contribution in [-0.2, 0) is 18.4 Å². The lowest BCUT2D eigenvalue weighted by atomic mass is 10.0. The minimum Gasteiger partial charge on any atom is -0.756 e. The number of phosphoric acid groups is 1. The van der Waals surface area contributed by atoms with Gasteiger partial charge in [-0.05, 0) is 57.8 Å². The van der Waals surface area contributed by atoms with E-state index in [4.69, 9.17) is 9.05 Å². The molecule has 0 radical (unpaired) electrons. The summed E-state index contributed by atoms with van der Waals surface area (Å²) in [5, 5.41) is 13.7. The van der Waals surface area contributed by atoms with Crippen LogP contribution in [0.15, 0.2) is 60.8 Å². The number of nitrogens with one attached hydrogen (secondary N) is 1. The standard InChI is InChI=1S/C58H109N2O6P/c1-6-8-10-12-14-15-16-17-18-19-20-21-22-23-24-25-26-27-28-29-30-31-32-33-34-35-36-37-38-39-40-41-42-43-44-45-46-48-50-52-58(62)59-56(57(61)51-49-47-13-11-9-7-2)55-66-67(63,64)65-54-53-60(3,4)5/h8,10,14-15,17-18,20-21,49,51,56-57,61H,6-7,9,11-13,16,19,22-48,50,52-55H2,1-5H3,(H-,59,62,63,64)/b10-8-,15-14-,18-17-,21-20-,51-49+. The number of nitrogens with zero attached hydrogens (tertiary/aromatic N) is 1. The fourth-order valence-electron chi connectivity index (χ4n) is 8.09. The molecule has 67 heavy (non-hydrogen) atoms. The zero-order valence-corrected chi connectivity index (χ0v) is 45.5. The molecule has 3 atom stereocenters. The Hall–Kier alpha value is -1.80. The lowest BCUT2D eigenvalue weighted by molar-refractivity contribution is -0.870. The largest absolute Gasteiger partial charge is 0.756 e. The summed E-state index contributed by atoms with van der Waals surface area (Å²) in [5.74, 6) is -0.200. The van der Waals surface area contributed by atoms with Crippen LogP contribution in [0.2, 0.25) is 0 Å². The molecule has 0 aromatic carbocycles. The van der Waals surface area contributed by atoms with Crippen LogP contribution in [0.3, 0.4) is 0 Å². The molecule has 392 valence electrons. The highest BCUT2D eigenvalue weighted by Gasteiger charge is 2.23. The third kappa shape index (κ3) is 51.9. The number of phosphoric ester groups is 1. The minimum absolute atomic E-state index is 0.00101. The van der Waals surface area contributed by atoms with Gasteiger partial charge in [-0.1, -0.05) is 248 Å². The monoisotopic (exact) mass is 961 g/mol. The Labute approximate surface area is 415 Å². The van der Waals surface area contributed by atoms with Crippen LogP contribution in [0, 0.1) is 0 Å². The van der Waals surface area contributed by atoms with Gasteiger partial charge in [0.2, 0.25) is 5.91 Å². The number of hydrogen-bond acceptors (Lipinski definition) is 6. The van der Waals surface area contributed by atoms with Crippen LogP contribution in [0.1, 0.15) is 251 Å². The second kappa shape index (κ2) is 49.2. The number of aliphatic hydroxyl groups is 1. The molecule has 2 N–H and O–H groups in total. The number of carbonyl (C=O) groups is 1. The molecule has 0 rings (SSSR count). The average molecular weight is 961 g/mol. The molecular formula is C58H109N2O6P. The second-order valence-electron chi connectivity index (χ2n) is 20.3. The quantitative estimate of drug-likeness (QED) is 0.0272. The number of quaternary nitrogens is 1. The summed E-state index contributed by atoms with van der Waals surface area (Å²) >= 11 is 0. The van der Waals surface area contributed by atoms with E-state index in [0.29, 0.717) is 17.4 Å². The zero-order valence-electron chi connectivity index (χ0n) is 44.6. The van der Waals surface area contributed by atoms with Crippen LogP contribution >= 0.6 is 7.82 Å². The number of hydrogen-bond donors (Lipinski definition) is 2. The fraction of sp³-hybridized carbons (Fsp3) is 0.810. The predicted octanol–water partition coefficient (Wildman–Crippen LogP) is 16.3. The number of amides is 1. The van der Waals surface area contributed by atoms with Crippen molar-refractivity contribution < 1.29 is 32.9 Å². The van der Waals surface area contributed by atoms with Gasteiger partial charge in [0.05, 0.1) is 39.9 Å². The Morgan fingerprint density at radius 3 is 1.33 bits per heavy atom. The molecule has 0 spiro atoms. The van der Waals surface area contributed by atoms with Crippen LogP contribution in [0.5, 0.6) is 0 Å². The molecule has 0 aliphatic heterocycles. The van der Waals surface area contributed by atoms with Crippen molar-refractivity contribution in [3.8, 4) is 0 Å². The lowest BCUT2D eigenvalue weighted by Gasteiger charge is -2.29. The van der Waals surface area contributed by atoms with Crippen molar-refractivity contribution in [2.45, 2.75) is 264 Å². The number of aliphatic hydroxyl groups excluding tert-OH is 1. The van der Waals surface area contributed by atoms with Gasteiger partial charge in [-0.2, -0.15) is 0 Å². The number of rotatable bonds is 51. The molecule has 9 heteroatoms. The van der Waals surface area contributed by atoms with E-state index < -0.39 is 20.0 Å². The van der Waals surface area contributed by atoms with Crippen molar-refractivity contribution in [3.05, 3.63) is 60.8 Å². The Kier molecular flexibility index (Phi) is 47.9. The number of likely N-dealkylation sites (N-methyl/N-ethyl adjacent to an activating group) is 1. The molecule has 0 aliphatic rings. The van der Waals surface area contributed by atoms with Gasteiger partial charge in [0.1, 0.15) is 13.2 Å². The van der Waals surface area contributed by atoms with Crippen molar-refractivity contribution in [3.63, 3.8) is 0 Å². The molecule has 0 saturated heterocycles. The lowest BCUT2D eigenvalue weighted by Crippen LogP contribution is -2.45. The van der Waals surface area contributed by atoms with E-state index in [0.717, 1.165) is 70.6 Å². The smallest absolute Gasteiger partial charge is 0.268 e. The summed E-state index contributed by atoms with van der Waals surface area (Å²) in [5.41, 5.74) is 0. The highest BCUT2D eigenvalue weighted by Crippen LogP contribution is 2.38. The Morgan fingerprint density at radius 2 is 0.910 bits per heavy atom. The van der Waals surface area contributed by atoms with E-state index in [-0.39, 0.29) is 19.1 Å². The van der Waals surface area contributed by atoms with Crippen molar-refractivity contribution in [2.24, 2.45) is 0 Å². The Morgan fingerprint density at radius 1 is 0.537 bits per heavy atom. The second-order valence-corrected chi connectivity index (χ2v) is 21.7. The molecule has 0 heterocycles. The molecule has 1 amide bonds. The maximum atomic E-state index is 12.8. The highest BCUT2D eigenvalue weighted by atomic mass is 31.2. The van der Waals surface area contributed by atoms with Crippen molar-refractivity contribution in [1.82, 2.24) is 5.32 Å². The molecule has 0 aromatic heterocycles. The molecule has 8 nitrogen and oxygen atoms in total. The van der Waals surface area contributed by atoms with Gasteiger partial charge < -0.3 is 28.8 Å². The third-order valence-corrected chi connectivity index (χ3v) is 13.4. The minimum atomic E-state index is -4.58. The maximum absolute atomic E-state index is 12.8. The van der Waals surface area contributed by atoms with Crippen molar-refractivity contribution in [1.29, 1.82) is 0 Å². The van der Waals surface area contributed by atoms with E-state index in [1.165, 1.54) is 161 Å². The third-order valence-electron chi connectivity index (χ3n) is 12.5. The van der Waals surface area contributed by atoms with Gasteiger partial charge in [-0.25, -0.2) is 0 Å². The van der Waals surface area contributed by atoms with Crippen molar-refractivity contribution >= 4 is 13.7 Å². The summed E-state index contributed by atoms with van der Waals surface area (Å²) in [6.07, 6.45) is 66.5. The first-order chi connectivity index (χ1) is 32.5. The SMILES string of the molecule is CC/C=C\C/C=C\C/C=C\C/C=C\CCCCCCCCCCCCCCCCCCCCCCCCCCCCC(=O)NC(COP(=O)([O-])OCC[N+](C)(C)C)C(O)/C=C/CCCCCC. The van der Waals surface area contributed by atoms with E-state index in [2.05, 4.69) is 67.8 Å². The average Bonchev–Trinajstić information content (AvgIpc) is 3.29. The zero-order chi connectivity index (χ0) is 49.2. The van der Waals surface area contributed by atoms with E-state index >= 15 is 0 Å². The molecule has 0 aromatic rings. The maximum Gasteiger partial charge on any atom is 0.268 e. The van der Waals surface area contributed by atoms with Crippen molar-refractivity contribution in [2.75, 3.05) is 40.9 Å². The van der Waals surface area contributed by atoms with Gasteiger partial charge >= 0.3 is 0 Å². The van der Waals surface area contributed by atoms with Gasteiger partial charge in [0.25, 0.3) is 7.82 Å². The normalized spacial score (nSPS) is 14.4. The molecule has 0 fully saturated rings. The van der Waals surface area contributed by atoms with Gasteiger partial charge in [-0.3, -0.25) is 9.36 Å². The summed E-state index contributed by atoms with van der Waals surface area (Å²) in [6.45, 7) is 4.46. The molecule has 0 aliphatic carbocycles. The van der Waals surface area contributed by atoms with Crippen LogP contribution < -0.4 is 10.2 Å². The molecule has 0 bridgehead atoms. The number of unbranched alkanes of at least 4 members (excludes halogenated alkanes) is 30. The number of allylic oxidation sites excluding steroid dienone is 9. The van der Waals surface area contributed by atoms with E-state index in [1.807, 2.05) is 27.2 Å². The van der Waals surface area contributed by atoms with Gasteiger partial charge in [-0.15, -0.1) is 0 Å². The number of carbonyl (C=O) groups excluding carboxylic acids is 1. The molecule has 0 saturated carbocycles. The van der Waals surface area contributed by atoms with Gasteiger partial charge in [0.15, 0.2) is 0 Å². The first kappa shape index (κ1) is 65.2. The Bertz CT molecular complexity index is 1270. The highest BCUT2D eigenvalue weighted by molar-refractivity contribution is 7.45. The van der Waals surface area contributed by atoms with Gasteiger partial charge in [0, 0.05) is 6.42 Å². The summed E-state index contributed by atoms with van der Waals surface area (Å²) in [4.78, 5) is 25.2.